The van der Waals surface area contributed by atoms with Crippen LogP contribution in [0.25, 0.3) is 10.8 Å². The minimum absolute atomic E-state index is 0.0387. The predicted molar refractivity (Wildman–Crippen MR) is 134 cm³/mol. The zero-order valence-corrected chi connectivity index (χ0v) is 20.7. The lowest BCUT2D eigenvalue weighted by Gasteiger charge is -2.29. The highest BCUT2D eigenvalue weighted by Gasteiger charge is 2.27. The van der Waals surface area contributed by atoms with Crippen LogP contribution in [0.4, 0.5) is 4.79 Å². The van der Waals surface area contributed by atoms with Gasteiger partial charge in [-0.25, -0.2) is 14.3 Å². The predicted octanol–water partition coefficient (Wildman–Crippen LogP) is 2.81. The highest BCUT2D eigenvalue weighted by atomic mass is 16.5. The van der Waals surface area contributed by atoms with Crippen molar-refractivity contribution >= 4 is 28.7 Å². The molecule has 3 aromatic rings. The Morgan fingerprint density at radius 1 is 1.08 bits per heavy atom. The van der Waals surface area contributed by atoms with E-state index in [1.165, 1.54) is 18.0 Å². The molecule has 1 fully saturated rings. The fourth-order valence-corrected chi connectivity index (χ4v) is 4.55. The van der Waals surface area contributed by atoms with Crippen LogP contribution in [0.2, 0.25) is 0 Å². The number of carbonyl (C=O) groups excluding carboxylic acids is 3. The van der Waals surface area contributed by atoms with Gasteiger partial charge in [-0.05, 0) is 29.7 Å². The molecule has 2 amide bonds. The van der Waals surface area contributed by atoms with E-state index in [4.69, 9.17) is 9.47 Å². The Balaban J connectivity index is 1.48. The fraction of sp³-hybridized carbons (Fsp3) is 0.407. The van der Waals surface area contributed by atoms with E-state index in [1.807, 2.05) is 49.4 Å². The van der Waals surface area contributed by atoms with Crippen molar-refractivity contribution in [3.8, 4) is 0 Å². The van der Waals surface area contributed by atoms with Crippen molar-refractivity contribution in [2.24, 2.45) is 5.92 Å². The summed E-state index contributed by atoms with van der Waals surface area (Å²) in [6.45, 7) is 4.00. The Kier molecular flexibility index (Phi) is 8.32. The van der Waals surface area contributed by atoms with Crippen molar-refractivity contribution in [2.75, 3.05) is 33.4 Å². The van der Waals surface area contributed by atoms with E-state index >= 15 is 0 Å². The topological polar surface area (TPSA) is 103 Å². The first-order chi connectivity index (χ1) is 17.4. The van der Waals surface area contributed by atoms with Crippen LogP contribution in [0.15, 0.2) is 55.0 Å². The van der Waals surface area contributed by atoms with Crippen LogP contribution in [0.3, 0.4) is 0 Å². The Labute approximate surface area is 210 Å². The van der Waals surface area contributed by atoms with Gasteiger partial charge in [-0.1, -0.05) is 42.5 Å². The molecule has 1 aromatic heterocycles. The van der Waals surface area contributed by atoms with Gasteiger partial charge >= 0.3 is 6.09 Å². The molecule has 1 saturated heterocycles. The second kappa shape index (κ2) is 11.8. The van der Waals surface area contributed by atoms with Crippen LogP contribution in [-0.2, 0) is 31.9 Å². The van der Waals surface area contributed by atoms with Gasteiger partial charge in [-0.15, -0.1) is 0 Å². The Bertz CT molecular complexity index is 1210. The summed E-state index contributed by atoms with van der Waals surface area (Å²) in [5, 5.41) is 5.24. The second-order valence-electron chi connectivity index (χ2n) is 9.09. The van der Waals surface area contributed by atoms with E-state index in [2.05, 4.69) is 10.3 Å². The van der Waals surface area contributed by atoms with E-state index in [0.717, 1.165) is 16.3 Å². The summed E-state index contributed by atoms with van der Waals surface area (Å²) >= 11 is 0. The number of benzene rings is 2. The van der Waals surface area contributed by atoms with Crippen LogP contribution in [0.1, 0.15) is 24.6 Å². The quantitative estimate of drug-likeness (QED) is 0.519. The molecule has 0 bridgehead atoms. The lowest BCUT2D eigenvalue weighted by atomic mass is 9.91. The van der Waals surface area contributed by atoms with Gasteiger partial charge in [0.1, 0.15) is 6.33 Å². The number of hydrogen-bond acceptors (Lipinski definition) is 6. The third-order valence-electron chi connectivity index (χ3n) is 6.43. The molecule has 0 saturated carbocycles. The van der Waals surface area contributed by atoms with Gasteiger partial charge in [0.2, 0.25) is 11.8 Å². The molecule has 0 aliphatic carbocycles. The molecule has 1 aliphatic rings. The average Bonchev–Trinajstić information content (AvgIpc) is 3.36. The van der Waals surface area contributed by atoms with Gasteiger partial charge in [0, 0.05) is 38.2 Å². The molecule has 4 rings (SSSR count). The number of fused-ring (bicyclic) bond motifs is 1. The summed E-state index contributed by atoms with van der Waals surface area (Å²) in [5.41, 5.74) is 1.69. The van der Waals surface area contributed by atoms with Gasteiger partial charge < -0.3 is 19.7 Å². The van der Waals surface area contributed by atoms with E-state index in [0.29, 0.717) is 44.8 Å². The number of nitrogens with zero attached hydrogens (tertiary/aromatic N) is 3. The Morgan fingerprint density at radius 2 is 1.83 bits per heavy atom. The van der Waals surface area contributed by atoms with Crippen molar-refractivity contribution in [3.05, 3.63) is 66.2 Å². The second-order valence-corrected chi connectivity index (χ2v) is 9.09. The first-order valence-corrected chi connectivity index (χ1v) is 12.2. The number of methoxy groups -OCH3 is 1. The Hall–Kier alpha value is -3.72. The zero-order valence-electron chi connectivity index (χ0n) is 20.7. The Morgan fingerprint density at radius 3 is 2.61 bits per heavy atom. The molecule has 0 spiro atoms. The van der Waals surface area contributed by atoms with Crippen molar-refractivity contribution in [1.82, 2.24) is 19.8 Å². The minimum Gasteiger partial charge on any atom is -0.452 e. The number of hydrogen-bond donors (Lipinski definition) is 1. The normalized spacial score (nSPS) is 15.3. The molecular weight excluding hydrogens is 460 g/mol. The molecule has 36 heavy (non-hydrogen) atoms. The van der Waals surface area contributed by atoms with Crippen LogP contribution in [0, 0.1) is 5.92 Å². The van der Waals surface area contributed by atoms with Gasteiger partial charge in [-0.3, -0.25) is 9.59 Å². The monoisotopic (exact) mass is 492 g/mol. The number of imidazole rings is 1. The SMILES string of the molecule is COC(=O)n1cnc(C[C@@H](C)NC(=O)C(CC(=O)N2CCOCC2)Cc2cccc3ccccc23)c1. The van der Waals surface area contributed by atoms with Crippen LogP contribution in [0.5, 0.6) is 0 Å². The molecule has 9 nitrogen and oxygen atoms in total. The highest BCUT2D eigenvalue weighted by Crippen LogP contribution is 2.23. The summed E-state index contributed by atoms with van der Waals surface area (Å²) in [6.07, 6.45) is 3.46. The molecule has 1 aliphatic heterocycles. The molecule has 190 valence electrons. The number of amides is 2. The summed E-state index contributed by atoms with van der Waals surface area (Å²) < 4.78 is 11.3. The number of nitrogens with one attached hydrogen (secondary N) is 1. The highest BCUT2D eigenvalue weighted by molar-refractivity contribution is 5.89. The maximum absolute atomic E-state index is 13.5. The lowest BCUT2D eigenvalue weighted by molar-refractivity contribution is -0.139. The van der Waals surface area contributed by atoms with E-state index in [9.17, 15) is 14.4 Å². The fourth-order valence-electron chi connectivity index (χ4n) is 4.55. The first-order valence-electron chi connectivity index (χ1n) is 12.2. The maximum Gasteiger partial charge on any atom is 0.418 e. The van der Waals surface area contributed by atoms with Gasteiger partial charge in [0.15, 0.2) is 0 Å². The summed E-state index contributed by atoms with van der Waals surface area (Å²) in [7, 11) is 1.30. The first kappa shape index (κ1) is 25.4. The van der Waals surface area contributed by atoms with Crippen molar-refractivity contribution in [1.29, 1.82) is 0 Å². The number of aromatic nitrogens is 2. The van der Waals surface area contributed by atoms with Gasteiger partial charge in [0.05, 0.1) is 31.9 Å². The van der Waals surface area contributed by atoms with Crippen molar-refractivity contribution in [3.63, 3.8) is 0 Å². The smallest absolute Gasteiger partial charge is 0.418 e. The van der Waals surface area contributed by atoms with Gasteiger partial charge in [0.25, 0.3) is 0 Å². The standard InChI is InChI=1S/C27H32N4O5/c1-19(14-23-17-31(18-28-23)27(34)35-2)29-26(33)22(16-25(32)30-10-12-36-13-11-30)15-21-8-5-7-20-6-3-4-9-24(20)21/h3-9,17-19,22H,10-16H2,1-2H3,(H,29,33)/t19-,22?/m1/s1. The lowest BCUT2D eigenvalue weighted by Crippen LogP contribution is -2.44. The van der Waals surface area contributed by atoms with Crippen LogP contribution in [-0.4, -0.2) is 71.8 Å². The number of carbonyl (C=O) groups is 3. The van der Waals surface area contributed by atoms with E-state index < -0.39 is 12.0 Å². The van der Waals surface area contributed by atoms with Crippen LogP contribution < -0.4 is 5.32 Å². The molecule has 0 radical (unpaired) electrons. The van der Waals surface area contributed by atoms with Crippen LogP contribution >= 0.6 is 0 Å². The summed E-state index contributed by atoms with van der Waals surface area (Å²) in [4.78, 5) is 44.2. The minimum atomic E-state index is -0.527. The molecule has 2 atom stereocenters. The zero-order chi connectivity index (χ0) is 25.5. The average molecular weight is 493 g/mol. The van der Waals surface area contributed by atoms with Crippen molar-refractivity contribution < 1.29 is 23.9 Å². The van der Waals surface area contributed by atoms with E-state index in [1.54, 1.807) is 11.1 Å². The molecule has 1 N–H and O–H groups in total. The number of morpholine rings is 1. The largest absolute Gasteiger partial charge is 0.452 e. The third kappa shape index (κ3) is 6.28. The van der Waals surface area contributed by atoms with Gasteiger partial charge in [-0.2, -0.15) is 0 Å². The molecule has 2 heterocycles. The molecule has 9 heteroatoms. The number of rotatable bonds is 8. The summed E-state index contributed by atoms with van der Waals surface area (Å²) in [5.74, 6) is -0.742. The van der Waals surface area contributed by atoms with E-state index in [-0.39, 0.29) is 24.3 Å². The molecule has 2 aromatic carbocycles. The molecule has 1 unspecified atom stereocenters. The third-order valence-corrected chi connectivity index (χ3v) is 6.43. The maximum atomic E-state index is 13.5. The summed E-state index contributed by atoms with van der Waals surface area (Å²) in [6, 6.07) is 13.9. The molecular formula is C27H32N4O5. The number of ether oxygens (including phenoxy) is 2. The van der Waals surface area contributed by atoms with Crippen molar-refractivity contribution in [2.45, 2.75) is 32.2 Å².